The van der Waals surface area contributed by atoms with Crippen molar-refractivity contribution in [3.8, 4) is 11.5 Å². The summed E-state index contributed by atoms with van der Waals surface area (Å²) in [6.45, 7) is 3.51. The highest BCUT2D eigenvalue weighted by molar-refractivity contribution is 5.45. The van der Waals surface area contributed by atoms with Crippen molar-refractivity contribution in [2.75, 3.05) is 25.1 Å². The SMILES string of the molecule is COC1CCCN(c2cc(Oc3ccc(C)c(F)c3)ccn2)C1. The second kappa shape index (κ2) is 6.96. The molecule has 1 aromatic heterocycles. The van der Waals surface area contributed by atoms with E-state index in [-0.39, 0.29) is 11.9 Å². The van der Waals surface area contributed by atoms with E-state index in [0.29, 0.717) is 17.1 Å². The molecule has 1 fully saturated rings. The average molecular weight is 316 g/mol. The number of aromatic nitrogens is 1. The van der Waals surface area contributed by atoms with Crippen LogP contribution in [-0.4, -0.2) is 31.3 Å². The van der Waals surface area contributed by atoms with E-state index in [4.69, 9.17) is 9.47 Å². The summed E-state index contributed by atoms with van der Waals surface area (Å²) in [6, 6.07) is 8.53. The molecule has 5 heteroatoms. The van der Waals surface area contributed by atoms with Crippen LogP contribution in [0.3, 0.4) is 0 Å². The topological polar surface area (TPSA) is 34.6 Å². The summed E-state index contributed by atoms with van der Waals surface area (Å²) in [5, 5.41) is 0. The van der Waals surface area contributed by atoms with E-state index >= 15 is 0 Å². The van der Waals surface area contributed by atoms with Gasteiger partial charge in [0.2, 0.25) is 0 Å². The van der Waals surface area contributed by atoms with Crippen molar-refractivity contribution in [2.24, 2.45) is 0 Å². The fraction of sp³-hybridized carbons (Fsp3) is 0.389. The Morgan fingerprint density at radius 2 is 2.04 bits per heavy atom. The zero-order valence-electron chi connectivity index (χ0n) is 13.5. The first-order chi connectivity index (χ1) is 11.2. The minimum Gasteiger partial charge on any atom is -0.457 e. The van der Waals surface area contributed by atoms with Gasteiger partial charge in [-0.3, -0.25) is 0 Å². The lowest BCUT2D eigenvalue weighted by molar-refractivity contribution is 0.0891. The van der Waals surface area contributed by atoms with Gasteiger partial charge in [-0.15, -0.1) is 0 Å². The summed E-state index contributed by atoms with van der Waals surface area (Å²) in [6.07, 6.45) is 4.10. The van der Waals surface area contributed by atoms with E-state index in [1.54, 1.807) is 38.4 Å². The number of benzene rings is 1. The van der Waals surface area contributed by atoms with Crippen LogP contribution in [0.25, 0.3) is 0 Å². The molecule has 0 aliphatic carbocycles. The lowest BCUT2D eigenvalue weighted by Crippen LogP contribution is -2.39. The highest BCUT2D eigenvalue weighted by atomic mass is 19.1. The highest BCUT2D eigenvalue weighted by Gasteiger charge is 2.20. The number of anilines is 1. The Hall–Kier alpha value is -2.14. The van der Waals surface area contributed by atoms with Crippen LogP contribution in [0.15, 0.2) is 36.5 Å². The standard InChI is InChI=1S/C18H21FN2O2/c1-13-5-6-14(10-17(13)19)23-15-7-8-20-18(11-15)21-9-3-4-16(12-21)22-2/h5-8,10-11,16H,3-4,9,12H2,1-2H3. The van der Waals surface area contributed by atoms with Crippen molar-refractivity contribution in [1.29, 1.82) is 0 Å². The normalized spacial score (nSPS) is 18.0. The summed E-state index contributed by atoms with van der Waals surface area (Å²) in [4.78, 5) is 6.62. The zero-order chi connectivity index (χ0) is 16.2. The first kappa shape index (κ1) is 15.7. The summed E-state index contributed by atoms with van der Waals surface area (Å²) in [5.41, 5.74) is 0.603. The number of pyridine rings is 1. The predicted octanol–water partition coefficient (Wildman–Crippen LogP) is 3.94. The van der Waals surface area contributed by atoms with Crippen LogP contribution < -0.4 is 9.64 Å². The van der Waals surface area contributed by atoms with Gasteiger partial charge in [-0.1, -0.05) is 6.07 Å². The van der Waals surface area contributed by atoms with Crippen LogP contribution in [0, 0.1) is 12.7 Å². The van der Waals surface area contributed by atoms with Gasteiger partial charge in [0.05, 0.1) is 6.10 Å². The number of rotatable bonds is 4. The van der Waals surface area contributed by atoms with Crippen LogP contribution >= 0.6 is 0 Å². The second-order valence-corrected chi connectivity index (χ2v) is 5.81. The van der Waals surface area contributed by atoms with Crippen LogP contribution in [0.4, 0.5) is 10.2 Å². The van der Waals surface area contributed by atoms with Crippen LogP contribution in [-0.2, 0) is 4.74 Å². The second-order valence-electron chi connectivity index (χ2n) is 5.81. The molecule has 23 heavy (non-hydrogen) atoms. The Bertz CT molecular complexity index is 678. The smallest absolute Gasteiger partial charge is 0.132 e. The third-order valence-corrected chi connectivity index (χ3v) is 4.13. The molecule has 0 N–H and O–H groups in total. The quantitative estimate of drug-likeness (QED) is 0.856. The number of aryl methyl sites for hydroxylation is 1. The third kappa shape index (κ3) is 3.79. The minimum absolute atomic E-state index is 0.237. The molecule has 4 nitrogen and oxygen atoms in total. The number of halogens is 1. The fourth-order valence-electron chi connectivity index (χ4n) is 2.75. The molecule has 0 radical (unpaired) electrons. The Morgan fingerprint density at radius 3 is 2.83 bits per heavy atom. The average Bonchev–Trinajstić information content (AvgIpc) is 2.58. The summed E-state index contributed by atoms with van der Waals surface area (Å²) >= 11 is 0. The maximum atomic E-state index is 13.6. The van der Waals surface area contributed by atoms with E-state index in [2.05, 4.69) is 9.88 Å². The van der Waals surface area contributed by atoms with Crippen molar-refractivity contribution in [3.05, 3.63) is 47.9 Å². The number of nitrogens with zero attached hydrogens (tertiary/aromatic N) is 2. The first-order valence-corrected chi connectivity index (χ1v) is 7.83. The molecule has 1 aliphatic heterocycles. The summed E-state index contributed by atoms with van der Waals surface area (Å²) in [5.74, 6) is 1.73. The molecule has 0 amide bonds. The molecule has 2 aromatic rings. The van der Waals surface area contributed by atoms with Crippen LogP contribution in [0.5, 0.6) is 11.5 Å². The van der Waals surface area contributed by atoms with Crippen LogP contribution in [0.1, 0.15) is 18.4 Å². The number of methoxy groups -OCH3 is 1. The molecule has 122 valence electrons. The van der Waals surface area contributed by atoms with Crippen molar-refractivity contribution in [3.63, 3.8) is 0 Å². The van der Waals surface area contributed by atoms with Crippen molar-refractivity contribution in [2.45, 2.75) is 25.9 Å². The molecular weight excluding hydrogens is 295 g/mol. The van der Waals surface area contributed by atoms with Gasteiger partial charge in [-0.05, 0) is 37.5 Å². The van der Waals surface area contributed by atoms with E-state index in [1.165, 1.54) is 6.07 Å². The molecule has 1 saturated heterocycles. The van der Waals surface area contributed by atoms with Crippen molar-refractivity contribution >= 4 is 5.82 Å². The van der Waals surface area contributed by atoms with Gasteiger partial charge in [0.15, 0.2) is 0 Å². The maximum absolute atomic E-state index is 13.6. The number of hydrogen-bond acceptors (Lipinski definition) is 4. The molecule has 0 saturated carbocycles. The van der Waals surface area contributed by atoms with Gasteiger partial charge in [0.1, 0.15) is 23.1 Å². The van der Waals surface area contributed by atoms with Gasteiger partial charge in [-0.25, -0.2) is 9.37 Å². The van der Waals surface area contributed by atoms with Crippen LogP contribution in [0.2, 0.25) is 0 Å². The van der Waals surface area contributed by atoms with Gasteiger partial charge in [0.25, 0.3) is 0 Å². The molecule has 0 bridgehead atoms. The molecule has 2 heterocycles. The Morgan fingerprint density at radius 1 is 1.22 bits per heavy atom. The lowest BCUT2D eigenvalue weighted by Gasteiger charge is -2.32. The number of hydrogen-bond donors (Lipinski definition) is 0. The van der Waals surface area contributed by atoms with E-state index < -0.39 is 0 Å². The van der Waals surface area contributed by atoms with Gasteiger partial charge >= 0.3 is 0 Å². The first-order valence-electron chi connectivity index (χ1n) is 7.83. The van der Waals surface area contributed by atoms with Crippen molar-refractivity contribution in [1.82, 2.24) is 4.98 Å². The minimum atomic E-state index is -0.268. The zero-order valence-corrected chi connectivity index (χ0v) is 13.5. The van der Waals surface area contributed by atoms with E-state index in [0.717, 1.165) is 31.7 Å². The molecule has 1 aliphatic rings. The molecule has 0 spiro atoms. The van der Waals surface area contributed by atoms with E-state index in [9.17, 15) is 4.39 Å². The molecule has 1 aromatic carbocycles. The highest BCUT2D eigenvalue weighted by Crippen LogP contribution is 2.27. The maximum Gasteiger partial charge on any atom is 0.132 e. The predicted molar refractivity (Wildman–Crippen MR) is 87.7 cm³/mol. The van der Waals surface area contributed by atoms with Gasteiger partial charge < -0.3 is 14.4 Å². The van der Waals surface area contributed by atoms with Crippen molar-refractivity contribution < 1.29 is 13.9 Å². The van der Waals surface area contributed by atoms with Gasteiger partial charge in [-0.2, -0.15) is 0 Å². The largest absolute Gasteiger partial charge is 0.457 e. The fourth-order valence-corrected chi connectivity index (χ4v) is 2.75. The molecule has 3 rings (SSSR count). The molecule has 1 atom stereocenters. The lowest BCUT2D eigenvalue weighted by atomic mass is 10.1. The monoisotopic (exact) mass is 316 g/mol. The Labute approximate surface area is 135 Å². The number of ether oxygens (including phenoxy) is 2. The third-order valence-electron chi connectivity index (χ3n) is 4.13. The molecular formula is C18H21FN2O2. The number of piperidine rings is 1. The summed E-state index contributed by atoms with van der Waals surface area (Å²) < 4.78 is 24.8. The van der Waals surface area contributed by atoms with E-state index in [1.807, 2.05) is 6.07 Å². The Balaban J connectivity index is 1.75. The summed E-state index contributed by atoms with van der Waals surface area (Å²) in [7, 11) is 1.74. The Kier molecular flexibility index (Phi) is 4.76. The molecule has 1 unspecified atom stereocenters. The van der Waals surface area contributed by atoms with Gasteiger partial charge in [0, 0.05) is 38.5 Å².